The Hall–Kier alpha value is -2.64. The lowest BCUT2D eigenvalue weighted by atomic mass is 10.3. The molecule has 1 aromatic carbocycles. The van der Waals surface area contributed by atoms with Gasteiger partial charge in [-0.1, -0.05) is 12.1 Å². The lowest BCUT2D eigenvalue weighted by molar-refractivity contribution is 0.183. The number of fused-ring (bicyclic) bond motifs is 2. The Balaban J connectivity index is 1.48. The molecule has 4 heterocycles. The normalized spacial score (nSPS) is 16.0. The summed E-state index contributed by atoms with van der Waals surface area (Å²) in [5.41, 5.74) is 1.82. The molecule has 1 aliphatic rings. The summed E-state index contributed by atoms with van der Waals surface area (Å²) in [7, 11) is -3.15. The minimum atomic E-state index is -3.15. The van der Waals surface area contributed by atoms with E-state index in [0.717, 1.165) is 38.5 Å². The SMILES string of the molecule is Cc1nc2ccccc2n1-c1nc(NCCO)c2cc(CN3CCN(S(C)(=O)=O)CC3)sc2n1. The van der Waals surface area contributed by atoms with Crippen molar-refractivity contribution in [1.82, 2.24) is 28.7 Å². The molecule has 2 N–H and O–H groups in total. The third-order valence-electron chi connectivity index (χ3n) is 5.94. The zero-order chi connectivity index (χ0) is 23.9. The van der Waals surface area contributed by atoms with Crippen molar-refractivity contribution in [3.63, 3.8) is 0 Å². The highest BCUT2D eigenvalue weighted by molar-refractivity contribution is 7.88. The second kappa shape index (κ2) is 9.19. The molecular formula is C22H27N7O3S2. The van der Waals surface area contributed by atoms with Crippen LogP contribution in [0.1, 0.15) is 10.7 Å². The predicted molar refractivity (Wildman–Crippen MR) is 134 cm³/mol. The molecular weight excluding hydrogens is 474 g/mol. The number of hydrogen-bond donors (Lipinski definition) is 2. The van der Waals surface area contributed by atoms with E-state index in [1.165, 1.54) is 10.6 Å². The summed E-state index contributed by atoms with van der Waals surface area (Å²) in [4.78, 5) is 18.6. The van der Waals surface area contributed by atoms with Crippen molar-refractivity contribution in [2.24, 2.45) is 0 Å². The van der Waals surface area contributed by atoms with Crippen LogP contribution in [-0.4, -0.2) is 87.8 Å². The van der Waals surface area contributed by atoms with Gasteiger partial charge in [-0.15, -0.1) is 11.3 Å². The fourth-order valence-electron chi connectivity index (χ4n) is 4.29. The monoisotopic (exact) mass is 501 g/mol. The van der Waals surface area contributed by atoms with E-state index in [1.54, 1.807) is 11.3 Å². The fourth-order valence-corrected chi connectivity index (χ4v) is 6.18. The molecule has 12 heteroatoms. The number of imidazole rings is 1. The van der Waals surface area contributed by atoms with E-state index in [1.807, 2.05) is 35.8 Å². The molecule has 34 heavy (non-hydrogen) atoms. The van der Waals surface area contributed by atoms with Gasteiger partial charge in [0.25, 0.3) is 0 Å². The van der Waals surface area contributed by atoms with E-state index >= 15 is 0 Å². The number of rotatable bonds is 7. The van der Waals surface area contributed by atoms with E-state index in [2.05, 4.69) is 21.3 Å². The van der Waals surface area contributed by atoms with Crippen molar-refractivity contribution in [2.45, 2.75) is 13.5 Å². The van der Waals surface area contributed by atoms with Gasteiger partial charge in [-0.3, -0.25) is 9.47 Å². The number of piperazine rings is 1. The van der Waals surface area contributed by atoms with Gasteiger partial charge in [-0.2, -0.15) is 9.29 Å². The predicted octanol–water partition coefficient (Wildman–Crippen LogP) is 1.82. The van der Waals surface area contributed by atoms with Crippen molar-refractivity contribution >= 4 is 48.4 Å². The summed E-state index contributed by atoms with van der Waals surface area (Å²) in [5.74, 6) is 2.01. The third-order valence-corrected chi connectivity index (χ3v) is 8.26. The number of aromatic nitrogens is 4. The van der Waals surface area contributed by atoms with Gasteiger partial charge in [0.05, 0.1) is 29.3 Å². The van der Waals surface area contributed by atoms with Crippen molar-refractivity contribution < 1.29 is 13.5 Å². The van der Waals surface area contributed by atoms with Crippen molar-refractivity contribution in [2.75, 3.05) is 50.9 Å². The molecule has 0 spiro atoms. The number of anilines is 1. The summed E-state index contributed by atoms with van der Waals surface area (Å²) >= 11 is 1.61. The summed E-state index contributed by atoms with van der Waals surface area (Å²) in [6, 6.07) is 9.98. The molecule has 10 nitrogen and oxygen atoms in total. The second-order valence-electron chi connectivity index (χ2n) is 8.38. The van der Waals surface area contributed by atoms with Gasteiger partial charge in [-0.05, 0) is 25.1 Å². The van der Waals surface area contributed by atoms with E-state index in [-0.39, 0.29) is 6.61 Å². The number of benzene rings is 1. The maximum Gasteiger partial charge on any atom is 0.239 e. The fraction of sp³-hybridized carbons (Fsp3) is 0.409. The van der Waals surface area contributed by atoms with Gasteiger partial charge >= 0.3 is 0 Å². The molecule has 1 aliphatic heterocycles. The number of para-hydroxylation sites is 2. The molecule has 1 fully saturated rings. The zero-order valence-electron chi connectivity index (χ0n) is 19.1. The van der Waals surface area contributed by atoms with E-state index in [0.29, 0.717) is 44.5 Å². The largest absolute Gasteiger partial charge is 0.395 e. The number of aryl methyl sites for hydroxylation is 1. The number of aliphatic hydroxyl groups is 1. The summed E-state index contributed by atoms with van der Waals surface area (Å²) in [5, 5.41) is 13.5. The molecule has 0 bridgehead atoms. The lowest BCUT2D eigenvalue weighted by Crippen LogP contribution is -2.47. The zero-order valence-corrected chi connectivity index (χ0v) is 20.7. The van der Waals surface area contributed by atoms with Gasteiger partial charge in [0.15, 0.2) is 0 Å². The van der Waals surface area contributed by atoms with Crippen LogP contribution in [-0.2, 0) is 16.6 Å². The third kappa shape index (κ3) is 4.51. The molecule has 0 radical (unpaired) electrons. The number of nitrogens with zero attached hydrogens (tertiary/aromatic N) is 6. The number of aliphatic hydroxyl groups excluding tert-OH is 1. The Bertz CT molecular complexity index is 1440. The molecule has 0 aliphatic carbocycles. The van der Waals surface area contributed by atoms with Gasteiger partial charge in [0, 0.05) is 44.1 Å². The Labute approximate surface area is 201 Å². The van der Waals surface area contributed by atoms with Gasteiger partial charge in [0.1, 0.15) is 16.5 Å². The number of hydrogen-bond acceptors (Lipinski definition) is 9. The molecule has 4 aromatic rings. The molecule has 5 rings (SSSR count). The average Bonchev–Trinajstić information content (AvgIpc) is 3.36. The summed E-state index contributed by atoms with van der Waals surface area (Å²) in [6.07, 6.45) is 1.26. The summed E-state index contributed by atoms with van der Waals surface area (Å²) < 4.78 is 27.1. The highest BCUT2D eigenvalue weighted by atomic mass is 32.2. The second-order valence-corrected chi connectivity index (χ2v) is 11.5. The molecule has 0 unspecified atom stereocenters. The van der Waals surface area contributed by atoms with Crippen LogP contribution in [0.5, 0.6) is 0 Å². The molecule has 1 saturated heterocycles. The van der Waals surface area contributed by atoms with E-state index in [4.69, 9.17) is 9.97 Å². The number of nitrogens with one attached hydrogen (secondary N) is 1. The van der Waals surface area contributed by atoms with Crippen LogP contribution < -0.4 is 5.32 Å². The first-order valence-corrected chi connectivity index (χ1v) is 13.8. The summed E-state index contributed by atoms with van der Waals surface area (Å²) in [6.45, 7) is 5.42. The molecule has 180 valence electrons. The molecule has 3 aromatic heterocycles. The van der Waals surface area contributed by atoms with Crippen LogP contribution in [0.3, 0.4) is 0 Å². The number of sulfonamides is 1. The standard InChI is InChI=1S/C22H27N7O3S2/c1-15-24-18-5-3-4-6-19(18)29(15)22-25-20(23-7-12-30)17-13-16(33-21(17)26-22)14-27-8-10-28(11-9-27)34(2,31)32/h3-6,13,30H,7-12,14H2,1-2H3,(H,23,25,26). The Kier molecular flexibility index (Phi) is 6.25. The highest BCUT2D eigenvalue weighted by Crippen LogP contribution is 2.32. The van der Waals surface area contributed by atoms with E-state index in [9.17, 15) is 13.5 Å². The van der Waals surface area contributed by atoms with E-state index < -0.39 is 10.0 Å². The Morgan fingerprint density at radius 3 is 2.62 bits per heavy atom. The van der Waals surface area contributed by atoms with Crippen LogP contribution in [0.2, 0.25) is 0 Å². The van der Waals surface area contributed by atoms with Crippen molar-refractivity contribution in [1.29, 1.82) is 0 Å². The molecule has 0 atom stereocenters. The maximum atomic E-state index is 11.8. The minimum Gasteiger partial charge on any atom is -0.395 e. The topological polar surface area (TPSA) is 116 Å². The highest BCUT2D eigenvalue weighted by Gasteiger charge is 2.24. The first-order valence-electron chi connectivity index (χ1n) is 11.1. The first kappa shape index (κ1) is 23.1. The van der Waals surface area contributed by atoms with Gasteiger partial charge < -0.3 is 10.4 Å². The van der Waals surface area contributed by atoms with Crippen LogP contribution in [0.25, 0.3) is 27.2 Å². The van der Waals surface area contributed by atoms with Crippen molar-refractivity contribution in [3.05, 3.63) is 41.0 Å². The van der Waals surface area contributed by atoms with Crippen LogP contribution in [0, 0.1) is 6.92 Å². The lowest BCUT2D eigenvalue weighted by Gasteiger charge is -2.32. The quantitative estimate of drug-likeness (QED) is 0.394. The van der Waals surface area contributed by atoms with Crippen LogP contribution in [0.4, 0.5) is 5.82 Å². The smallest absolute Gasteiger partial charge is 0.239 e. The van der Waals surface area contributed by atoms with Gasteiger partial charge in [0.2, 0.25) is 16.0 Å². The number of thiophene rings is 1. The Morgan fingerprint density at radius 2 is 1.88 bits per heavy atom. The average molecular weight is 502 g/mol. The van der Waals surface area contributed by atoms with Crippen LogP contribution in [0.15, 0.2) is 30.3 Å². The molecule has 0 amide bonds. The van der Waals surface area contributed by atoms with Crippen molar-refractivity contribution in [3.8, 4) is 5.95 Å². The Morgan fingerprint density at radius 1 is 1.12 bits per heavy atom. The minimum absolute atomic E-state index is 0.00449. The van der Waals surface area contributed by atoms with Gasteiger partial charge in [-0.25, -0.2) is 18.4 Å². The van der Waals surface area contributed by atoms with Crippen LogP contribution >= 0.6 is 11.3 Å². The first-order chi connectivity index (χ1) is 16.3. The maximum absolute atomic E-state index is 11.8. The molecule has 0 saturated carbocycles.